The monoisotopic (exact) mass is 183 g/mol. The predicted octanol–water partition coefficient (Wildman–Crippen LogP) is 2.94. The first-order valence-electron chi connectivity index (χ1n) is 3.51. The molecule has 0 saturated heterocycles. The van der Waals surface area contributed by atoms with E-state index in [9.17, 15) is 4.39 Å². The fourth-order valence-corrected chi connectivity index (χ4v) is 1.06. The third-order valence-corrected chi connectivity index (χ3v) is 1.74. The zero-order chi connectivity index (χ0) is 8.97. The van der Waals surface area contributed by atoms with Crippen LogP contribution >= 0.6 is 11.6 Å². The summed E-state index contributed by atoms with van der Waals surface area (Å²) in [5.41, 5.74) is 0.551. The Kier molecular flexibility index (Phi) is 3.07. The van der Waals surface area contributed by atoms with Gasteiger partial charge in [-0.2, -0.15) is 0 Å². The maximum absolute atomic E-state index is 13.0. The first-order valence-corrected chi connectivity index (χ1v) is 3.89. The second-order valence-electron chi connectivity index (χ2n) is 2.37. The average molecular weight is 184 g/mol. The van der Waals surface area contributed by atoms with E-state index in [1.54, 1.807) is 12.1 Å². The van der Waals surface area contributed by atoms with E-state index in [0.29, 0.717) is 23.6 Å². The van der Waals surface area contributed by atoms with Crippen molar-refractivity contribution in [2.24, 2.45) is 0 Å². The van der Waals surface area contributed by atoms with E-state index in [1.165, 1.54) is 6.07 Å². The van der Waals surface area contributed by atoms with E-state index in [1.807, 2.05) is 0 Å². The molecular weight excluding hydrogens is 177 g/mol. The van der Waals surface area contributed by atoms with Gasteiger partial charge in [0.15, 0.2) is 0 Å². The lowest BCUT2D eigenvalue weighted by molar-refractivity contribution is 0.611. The minimum Gasteiger partial charge on any atom is -0.317 e. The second-order valence-corrected chi connectivity index (χ2v) is 2.80. The molecule has 1 aromatic carbocycles. The van der Waals surface area contributed by atoms with Gasteiger partial charge < -0.3 is 4.85 Å². The molecule has 0 N–H and O–H groups in total. The van der Waals surface area contributed by atoms with Crippen molar-refractivity contribution in [2.45, 2.75) is 6.42 Å². The summed E-state index contributed by atoms with van der Waals surface area (Å²) in [5.74, 6) is -0.328. The van der Waals surface area contributed by atoms with Crippen LogP contribution in [0.15, 0.2) is 18.2 Å². The van der Waals surface area contributed by atoms with Crippen LogP contribution in [-0.2, 0) is 6.42 Å². The van der Waals surface area contributed by atoms with Gasteiger partial charge in [0.1, 0.15) is 5.82 Å². The van der Waals surface area contributed by atoms with Crippen molar-refractivity contribution in [3.8, 4) is 0 Å². The zero-order valence-electron chi connectivity index (χ0n) is 6.35. The smallest absolute Gasteiger partial charge is 0.218 e. The molecule has 3 heteroatoms. The molecule has 0 unspecified atom stereocenters. The summed E-state index contributed by atoms with van der Waals surface area (Å²) < 4.78 is 13.0. The summed E-state index contributed by atoms with van der Waals surface area (Å²) in [6.07, 6.45) is 0.451. The summed E-state index contributed by atoms with van der Waals surface area (Å²) in [6, 6.07) is 4.51. The quantitative estimate of drug-likeness (QED) is 0.621. The van der Waals surface area contributed by atoms with Crippen LogP contribution in [0.5, 0.6) is 0 Å². The molecule has 0 aliphatic heterocycles. The summed E-state index contributed by atoms with van der Waals surface area (Å²) in [7, 11) is 0. The molecule has 0 amide bonds. The molecule has 1 nitrogen and oxygen atoms in total. The molecule has 0 aliphatic carbocycles. The van der Waals surface area contributed by atoms with Gasteiger partial charge >= 0.3 is 0 Å². The Morgan fingerprint density at radius 2 is 2.25 bits per heavy atom. The van der Waals surface area contributed by atoms with Gasteiger partial charge in [0.25, 0.3) is 0 Å². The van der Waals surface area contributed by atoms with E-state index in [-0.39, 0.29) is 5.82 Å². The van der Waals surface area contributed by atoms with Crippen molar-refractivity contribution < 1.29 is 4.39 Å². The number of hydrogen-bond donors (Lipinski definition) is 0. The van der Waals surface area contributed by atoms with E-state index < -0.39 is 0 Å². The summed E-state index contributed by atoms with van der Waals surface area (Å²) >= 11 is 5.55. The third kappa shape index (κ3) is 2.21. The first-order chi connectivity index (χ1) is 5.74. The molecule has 0 spiro atoms. The molecule has 1 rings (SSSR count). The fourth-order valence-electron chi connectivity index (χ4n) is 0.901. The predicted molar refractivity (Wildman–Crippen MR) is 46.6 cm³/mol. The van der Waals surface area contributed by atoms with Crippen LogP contribution in [0.2, 0.25) is 5.02 Å². The van der Waals surface area contributed by atoms with Gasteiger partial charge in [-0.25, -0.2) is 11.0 Å². The number of hydrogen-bond acceptors (Lipinski definition) is 0. The van der Waals surface area contributed by atoms with E-state index >= 15 is 0 Å². The Morgan fingerprint density at radius 3 is 2.83 bits per heavy atom. The molecule has 0 bridgehead atoms. The Labute approximate surface area is 75.6 Å². The molecule has 0 fully saturated rings. The highest BCUT2D eigenvalue weighted by atomic mass is 35.5. The molecular formula is C9H7ClFN. The van der Waals surface area contributed by atoms with Crippen molar-refractivity contribution in [3.05, 3.63) is 46.0 Å². The van der Waals surface area contributed by atoms with Gasteiger partial charge in [0.05, 0.1) is 0 Å². The van der Waals surface area contributed by atoms with Gasteiger partial charge in [-0.1, -0.05) is 17.7 Å². The normalized spacial score (nSPS) is 9.42. The highest BCUT2D eigenvalue weighted by molar-refractivity contribution is 6.30. The Balaban J connectivity index is 2.81. The van der Waals surface area contributed by atoms with Crippen molar-refractivity contribution in [1.29, 1.82) is 0 Å². The minimum atomic E-state index is -0.328. The average Bonchev–Trinajstić information content (AvgIpc) is 2.03. The molecule has 0 atom stereocenters. The van der Waals surface area contributed by atoms with Crippen molar-refractivity contribution in [2.75, 3.05) is 6.54 Å². The molecule has 12 heavy (non-hydrogen) atoms. The molecule has 62 valence electrons. The number of rotatable bonds is 2. The second kappa shape index (κ2) is 4.08. The lowest BCUT2D eigenvalue weighted by atomic mass is 10.1. The minimum absolute atomic E-state index is 0.318. The van der Waals surface area contributed by atoms with Crippen LogP contribution in [0.25, 0.3) is 4.85 Å². The van der Waals surface area contributed by atoms with Crippen molar-refractivity contribution >= 4 is 11.6 Å². The molecule has 0 heterocycles. The third-order valence-electron chi connectivity index (χ3n) is 1.51. The maximum atomic E-state index is 13.0. The van der Waals surface area contributed by atoms with Crippen LogP contribution in [0.4, 0.5) is 4.39 Å². The van der Waals surface area contributed by atoms with Gasteiger partial charge in [-0.15, -0.1) is 0 Å². The Morgan fingerprint density at radius 1 is 1.50 bits per heavy atom. The lowest BCUT2D eigenvalue weighted by Gasteiger charge is -1.98. The van der Waals surface area contributed by atoms with Crippen LogP contribution in [-0.4, -0.2) is 6.54 Å². The van der Waals surface area contributed by atoms with Crippen molar-refractivity contribution in [3.63, 3.8) is 0 Å². The standard InChI is InChI=1S/C9H7ClFN/c1-12-5-4-7-2-3-8(10)6-9(7)11/h2-3,6H,4-5H2. The van der Waals surface area contributed by atoms with Crippen molar-refractivity contribution in [1.82, 2.24) is 0 Å². The van der Waals surface area contributed by atoms with Gasteiger partial charge in [0.2, 0.25) is 6.54 Å². The summed E-state index contributed by atoms with van der Waals surface area (Å²) in [5, 5.41) is 0.388. The summed E-state index contributed by atoms with van der Waals surface area (Å²) in [4.78, 5) is 3.14. The molecule has 0 saturated carbocycles. The SMILES string of the molecule is [C-]#[N+]CCc1ccc(Cl)cc1F. The highest BCUT2D eigenvalue weighted by Crippen LogP contribution is 2.14. The molecule has 0 aromatic heterocycles. The first kappa shape index (κ1) is 9.02. The van der Waals surface area contributed by atoms with E-state index in [4.69, 9.17) is 18.2 Å². The molecule has 0 radical (unpaired) electrons. The van der Waals surface area contributed by atoms with Gasteiger partial charge in [-0.05, 0) is 17.7 Å². The van der Waals surface area contributed by atoms with Crippen LogP contribution in [0.3, 0.4) is 0 Å². The van der Waals surface area contributed by atoms with Gasteiger partial charge in [-0.3, -0.25) is 0 Å². The van der Waals surface area contributed by atoms with Gasteiger partial charge in [0, 0.05) is 11.4 Å². The molecule has 1 aromatic rings. The number of halogens is 2. The largest absolute Gasteiger partial charge is 0.317 e. The van der Waals surface area contributed by atoms with Crippen LogP contribution in [0.1, 0.15) is 5.56 Å². The number of nitrogens with zero attached hydrogens (tertiary/aromatic N) is 1. The zero-order valence-corrected chi connectivity index (χ0v) is 7.11. The Hall–Kier alpha value is -1.07. The molecule has 0 aliphatic rings. The van der Waals surface area contributed by atoms with Crippen LogP contribution < -0.4 is 0 Å². The topological polar surface area (TPSA) is 4.36 Å². The highest BCUT2D eigenvalue weighted by Gasteiger charge is 2.02. The summed E-state index contributed by atoms with van der Waals surface area (Å²) in [6.45, 7) is 6.86. The maximum Gasteiger partial charge on any atom is 0.218 e. The lowest BCUT2D eigenvalue weighted by Crippen LogP contribution is -1.91. The fraction of sp³-hybridized carbons (Fsp3) is 0.222. The Bertz CT molecular complexity index is 317. The number of benzene rings is 1. The van der Waals surface area contributed by atoms with Crippen LogP contribution in [0, 0.1) is 12.4 Å². The van der Waals surface area contributed by atoms with E-state index in [0.717, 1.165) is 0 Å². The van der Waals surface area contributed by atoms with E-state index in [2.05, 4.69) is 4.85 Å².